The van der Waals surface area contributed by atoms with Crippen LogP contribution in [-0.2, 0) is 6.18 Å². The maximum atomic E-state index is 13.4. The van der Waals surface area contributed by atoms with Crippen molar-refractivity contribution in [3.05, 3.63) is 29.6 Å². The lowest BCUT2D eigenvalue weighted by atomic mass is 10.1. The fourth-order valence-corrected chi connectivity index (χ4v) is 1.79. The van der Waals surface area contributed by atoms with Crippen molar-refractivity contribution >= 4 is 5.69 Å². The van der Waals surface area contributed by atoms with Crippen LogP contribution in [0.25, 0.3) is 0 Å². The second-order valence-electron chi connectivity index (χ2n) is 4.53. The largest absolute Gasteiger partial charge is 0.416 e. The summed E-state index contributed by atoms with van der Waals surface area (Å²) in [6, 6.07) is 2.42. The molecule has 5 heteroatoms. The van der Waals surface area contributed by atoms with Gasteiger partial charge in [-0.3, -0.25) is 0 Å². The number of anilines is 1. The molecule has 0 atom stereocenters. The smallest absolute Gasteiger partial charge is 0.383 e. The van der Waals surface area contributed by atoms with E-state index in [4.69, 9.17) is 0 Å². The molecule has 0 fully saturated rings. The third kappa shape index (κ3) is 5.49. The summed E-state index contributed by atoms with van der Waals surface area (Å²) in [7, 11) is 0. The van der Waals surface area contributed by atoms with Gasteiger partial charge in [0.25, 0.3) is 0 Å². The highest BCUT2D eigenvalue weighted by Gasteiger charge is 2.31. The molecule has 1 nitrogen and oxygen atoms in total. The quantitative estimate of drug-likeness (QED) is 0.531. The maximum Gasteiger partial charge on any atom is 0.416 e. The van der Waals surface area contributed by atoms with Gasteiger partial charge in [-0.1, -0.05) is 32.6 Å². The first-order valence-corrected chi connectivity index (χ1v) is 6.55. The topological polar surface area (TPSA) is 12.0 Å². The number of nitrogens with one attached hydrogen (secondary N) is 1. The van der Waals surface area contributed by atoms with Crippen LogP contribution >= 0.6 is 0 Å². The fourth-order valence-electron chi connectivity index (χ4n) is 1.79. The first-order valence-electron chi connectivity index (χ1n) is 6.55. The number of hydrogen-bond donors (Lipinski definition) is 1. The lowest BCUT2D eigenvalue weighted by molar-refractivity contribution is -0.137. The molecule has 0 radical (unpaired) electrons. The predicted octanol–water partition coefficient (Wildman–Crippen LogP) is 5.23. The first-order chi connectivity index (χ1) is 8.95. The molecule has 0 bridgehead atoms. The van der Waals surface area contributed by atoms with Crippen molar-refractivity contribution in [3.63, 3.8) is 0 Å². The van der Waals surface area contributed by atoms with Crippen molar-refractivity contribution in [2.45, 2.75) is 45.2 Å². The molecule has 0 spiro atoms. The van der Waals surface area contributed by atoms with E-state index < -0.39 is 17.6 Å². The molecule has 0 saturated carbocycles. The molecule has 0 aromatic heterocycles. The van der Waals surface area contributed by atoms with Gasteiger partial charge in [-0.15, -0.1) is 0 Å². The monoisotopic (exact) mass is 277 g/mol. The van der Waals surface area contributed by atoms with Crippen LogP contribution in [0.2, 0.25) is 0 Å². The van der Waals surface area contributed by atoms with Crippen LogP contribution in [0.4, 0.5) is 23.2 Å². The summed E-state index contributed by atoms with van der Waals surface area (Å²) in [5.74, 6) is -0.651. The lowest BCUT2D eigenvalue weighted by Crippen LogP contribution is -2.08. The molecule has 1 aromatic rings. The third-order valence-corrected chi connectivity index (χ3v) is 2.89. The third-order valence-electron chi connectivity index (χ3n) is 2.89. The first kappa shape index (κ1) is 15.8. The number of halogens is 4. The molecular weight excluding hydrogens is 258 g/mol. The summed E-state index contributed by atoms with van der Waals surface area (Å²) in [5, 5.41) is 2.73. The van der Waals surface area contributed by atoms with Crippen molar-refractivity contribution < 1.29 is 17.6 Å². The molecule has 0 aliphatic carbocycles. The molecule has 108 valence electrons. The lowest BCUT2D eigenvalue weighted by Gasteiger charge is -2.11. The van der Waals surface area contributed by atoms with Gasteiger partial charge in [0.05, 0.1) is 11.3 Å². The number of hydrogen-bond acceptors (Lipinski definition) is 1. The van der Waals surface area contributed by atoms with E-state index in [0.717, 1.165) is 50.3 Å². The van der Waals surface area contributed by atoms with E-state index >= 15 is 0 Å². The highest BCUT2D eigenvalue weighted by Crippen LogP contribution is 2.31. The molecule has 0 aliphatic rings. The van der Waals surface area contributed by atoms with E-state index in [0.29, 0.717) is 6.54 Å². The molecule has 0 saturated heterocycles. The highest BCUT2D eigenvalue weighted by atomic mass is 19.4. The van der Waals surface area contributed by atoms with E-state index in [9.17, 15) is 17.6 Å². The molecule has 0 heterocycles. The summed E-state index contributed by atoms with van der Waals surface area (Å²) >= 11 is 0. The van der Waals surface area contributed by atoms with Crippen LogP contribution in [0, 0.1) is 5.82 Å². The standard InChI is InChI=1S/C14H19F4N/c1-2-3-4-5-6-9-19-13-10-11(14(16,17)18)7-8-12(13)15/h7-8,10,19H,2-6,9H2,1H3. The Balaban J connectivity index is 2.49. The van der Waals surface area contributed by atoms with E-state index in [-0.39, 0.29) is 5.69 Å². The molecule has 19 heavy (non-hydrogen) atoms. The number of alkyl halides is 3. The summed E-state index contributed by atoms with van der Waals surface area (Å²) in [5.41, 5.74) is -0.910. The van der Waals surface area contributed by atoms with E-state index in [1.54, 1.807) is 0 Å². The summed E-state index contributed by atoms with van der Waals surface area (Å²) in [6.45, 7) is 2.60. The fraction of sp³-hybridized carbons (Fsp3) is 0.571. The number of rotatable bonds is 7. The Labute approximate surface area is 111 Å². The van der Waals surface area contributed by atoms with Gasteiger partial charge in [-0.25, -0.2) is 4.39 Å². The zero-order chi connectivity index (χ0) is 14.3. The minimum atomic E-state index is -4.44. The maximum absolute atomic E-state index is 13.4. The van der Waals surface area contributed by atoms with Crippen molar-refractivity contribution in [3.8, 4) is 0 Å². The predicted molar refractivity (Wildman–Crippen MR) is 68.7 cm³/mol. The van der Waals surface area contributed by atoms with Crippen LogP contribution in [0.3, 0.4) is 0 Å². The van der Waals surface area contributed by atoms with Crippen molar-refractivity contribution in [1.29, 1.82) is 0 Å². The SMILES string of the molecule is CCCCCCCNc1cc(C(F)(F)F)ccc1F. The van der Waals surface area contributed by atoms with E-state index in [2.05, 4.69) is 12.2 Å². The Morgan fingerprint density at radius 3 is 2.37 bits per heavy atom. The van der Waals surface area contributed by atoms with Gasteiger partial charge >= 0.3 is 6.18 Å². The average Bonchev–Trinajstić information content (AvgIpc) is 2.34. The highest BCUT2D eigenvalue weighted by molar-refractivity contribution is 5.47. The molecule has 0 amide bonds. The van der Waals surface area contributed by atoms with Crippen LogP contribution in [0.1, 0.15) is 44.6 Å². The Morgan fingerprint density at radius 1 is 1.05 bits per heavy atom. The minimum Gasteiger partial charge on any atom is -0.383 e. The van der Waals surface area contributed by atoms with Gasteiger partial charge in [0.15, 0.2) is 0 Å². The molecular formula is C14H19F4N. The Bertz CT molecular complexity index is 388. The van der Waals surface area contributed by atoms with Crippen LogP contribution in [0.15, 0.2) is 18.2 Å². The molecule has 1 aromatic carbocycles. The normalized spacial score (nSPS) is 11.6. The summed E-state index contributed by atoms with van der Waals surface area (Å²) < 4.78 is 50.8. The van der Waals surface area contributed by atoms with Gasteiger partial charge in [-0.2, -0.15) is 13.2 Å². The van der Waals surface area contributed by atoms with Crippen LogP contribution < -0.4 is 5.32 Å². The summed E-state index contributed by atoms with van der Waals surface area (Å²) in [4.78, 5) is 0. The van der Waals surface area contributed by atoms with Gasteiger partial charge in [0.2, 0.25) is 0 Å². The second kappa shape index (κ2) is 7.36. The molecule has 1 rings (SSSR count). The van der Waals surface area contributed by atoms with E-state index in [1.807, 2.05) is 0 Å². The summed E-state index contributed by atoms with van der Waals surface area (Å²) in [6.07, 6.45) is 0.777. The van der Waals surface area contributed by atoms with Gasteiger partial charge in [0.1, 0.15) is 5.82 Å². The minimum absolute atomic E-state index is 0.0784. The molecule has 1 N–H and O–H groups in total. The number of benzene rings is 1. The zero-order valence-electron chi connectivity index (χ0n) is 11.0. The van der Waals surface area contributed by atoms with Crippen LogP contribution in [-0.4, -0.2) is 6.54 Å². The Hall–Kier alpha value is -1.26. The second-order valence-corrected chi connectivity index (χ2v) is 4.53. The van der Waals surface area contributed by atoms with Crippen molar-refractivity contribution in [1.82, 2.24) is 0 Å². The zero-order valence-corrected chi connectivity index (χ0v) is 11.0. The van der Waals surface area contributed by atoms with Gasteiger partial charge in [0, 0.05) is 6.54 Å². The Morgan fingerprint density at radius 2 is 1.74 bits per heavy atom. The molecule has 0 aliphatic heterocycles. The van der Waals surface area contributed by atoms with E-state index in [1.165, 1.54) is 0 Å². The van der Waals surface area contributed by atoms with Gasteiger partial charge < -0.3 is 5.32 Å². The average molecular weight is 277 g/mol. The van der Waals surface area contributed by atoms with Gasteiger partial charge in [-0.05, 0) is 24.6 Å². The van der Waals surface area contributed by atoms with Crippen LogP contribution in [0.5, 0.6) is 0 Å². The molecule has 0 unspecified atom stereocenters. The van der Waals surface area contributed by atoms with Crippen molar-refractivity contribution in [2.75, 3.05) is 11.9 Å². The van der Waals surface area contributed by atoms with Crippen molar-refractivity contribution in [2.24, 2.45) is 0 Å². The Kier molecular flexibility index (Phi) is 6.12. The number of unbranched alkanes of at least 4 members (excludes halogenated alkanes) is 4.